The minimum Gasteiger partial charge on any atom is -0.340 e. The van der Waals surface area contributed by atoms with Crippen LogP contribution < -0.4 is 5.32 Å². The molecule has 0 spiro atoms. The lowest BCUT2D eigenvalue weighted by atomic mass is 10.0. The van der Waals surface area contributed by atoms with Crippen LogP contribution in [0.25, 0.3) is 0 Å². The van der Waals surface area contributed by atoms with Gasteiger partial charge in [0, 0.05) is 31.7 Å². The van der Waals surface area contributed by atoms with Gasteiger partial charge in [-0.3, -0.25) is 4.79 Å². The summed E-state index contributed by atoms with van der Waals surface area (Å²) >= 11 is 0. The maximum absolute atomic E-state index is 13.3. The second-order valence-corrected chi connectivity index (χ2v) is 9.54. The summed E-state index contributed by atoms with van der Waals surface area (Å²) in [5.74, 6) is -0.0152. The van der Waals surface area contributed by atoms with Crippen LogP contribution in [0, 0.1) is 0 Å². The van der Waals surface area contributed by atoms with Gasteiger partial charge in [-0.2, -0.15) is 4.31 Å². The Kier molecular flexibility index (Phi) is 6.46. The lowest BCUT2D eigenvalue weighted by molar-refractivity contribution is -0.136. The average molecular weight is 414 g/mol. The summed E-state index contributed by atoms with van der Waals surface area (Å²) in [4.78, 5) is 15.4. The molecule has 6 nitrogen and oxygen atoms in total. The first-order chi connectivity index (χ1) is 12.6. The molecule has 0 aliphatic carbocycles. The fraction of sp³-hybridized carbons (Fsp3) is 0.632. The largest absolute Gasteiger partial charge is 0.340 e. The van der Waals surface area contributed by atoms with Gasteiger partial charge in [0.15, 0.2) is 0 Å². The molecule has 1 N–H and O–H groups in total. The number of carbonyl (C=O) groups excluding carboxylic acids is 1. The summed E-state index contributed by atoms with van der Waals surface area (Å²) < 4.78 is 27.7. The molecule has 3 unspecified atom stereocenters. The number of piperidine rings is 1. The van der Waals surface area contributed by atoms with Gasteiger partial charge in [-0.15, -0.1) is 12.4 Å². The van der Waals surface area contributed by atoms with Gasteiger partial charge in [0.2, 0.25) is 15.9 Å². The molecular weight excluding hydrogens is 386 g/mol. The van der Waals surface area contributed by atoms with E-state index in [9.17, 15) is 13.2 Å². The van der Waals surface area contributed by atoms with Gasteiger partial charge in [-0.25, -0.2) is 8.42 Å². The van der Waals surface area contributed by atoms with E-state index in [0.717, 1.165) is 32.2 Å². The van der Waals surface area contributed by atoms with Gasteiger partial charge in [0.05, 0.1) is 4.90 Å². The van der Waals surface area contributed by atoms with Crippen LogP contribution in [0.4, 0.5) is 0 Å². The molecule has 3 aliphatic heterocycles. The Labute approximate surface area is 167 Å². The molecule has 1 amide bonds. The average Bonchev–Trinajstić information content (AvgIpc) is 3.00. The van der Waals surface area contributed by atoms with Gasteiger partial charge >= 0.3 is 0 Å². The normalized spacial score (nSPS) is 29.0. The number of sulfonamides is 1. The Morgan fingerprint density at radius 2 is 1.70 bits per heavy atom. The molecule has 3 aliphatic rings. The third-order valence-corrected chi connectivity index (χ3v) is 7.85. The zero-order chi connectivity index (χ0) is 18.1. The van der Waals surface area contributed by atoms with Crippen molar-refractivity contribution in [1.29, 1.82) is 0 Å². The molecule has 1 aromatic carbocycles. The van der Waals surface area contributed by atoms with Crippen LogP contribution >= 0.6 is 12.4 Å². The quantitative estimate of drug-likeness (QED) is 0.822. The van der Waals surface area contributed by atoms with Crippen LogP contribution in [-0.2, 0) is 14.8 Å². The standard InChI is InChI=1S/C19H27N3O3S.ClH/c23-19(21-13-11-15-9-10-16(14-21)20-15)18-8-4-5-12-22(18)26(24,25)17-6-2-1-3-7-17;/h1-3,6-7,15-16,18,20H,4-5,8-14H2;1H. The summed E-state index contributed by atoms with van der Waals surface area (Å²) in [7, 11) is -3.64. The highest BCUT2D eigenvalue weighted by Gasteiger charge is 2.41. The van der Waals surface area contributed by atoms with Gasteiger partial charge in [-0.05, 0) is 44.2 Å². The lowest BCUT2D eigenvalue weighted by Gasteiger charge is -2.37. The van der Waals surface area contributed by atoms with Crippen molar-refractivity contribution in [2.75, 3.05) is 19.6 Å². The fourth-order valence-corrected chi connectivity index (χ4v) is 6.19. The molecule has 0 saturated carbocycles. The summed E-state index contributed by atoms with van der Waals surface area (Å²) in [6, 6.07) is 8.78. The number of nitrogens with zero attached hydrogens (tertiary/aromatic N) is 2. The third kappa shape index (κ3) is 4.16. The van der Waals surface area contributed by atoms with E-state index in [2.05, 4.69) is 5.32 Å². The van der Waals surface area contributed by atoms with E-state index in [1.54, 1.807) is 30.3 Å². The van der Waals surface area contributed by atoms with Crippen LogP contribution in [0.15, 0.2) is 35.2 Å². The Bertz CT molecular complexity index is 759. The zero-order valence-electron chi connectivity index (χ0n) is 15.4. The Morgan fingerprint density at radius 1 is 0.963 bits per heavy atom. The van der Waals surface area contributed by atoms with Crippen molar-refractivity contribution >= 4 is 28.3 Å². The minimum atomic E-state index is -3.64. The monoisotopic (exact) mass is 413 g/mol. The highest BCUT2D eigenvalue weighted by Crippen LogP contribution is 2.28. The number of fused-ring (bicyclic) bond motifs is 2. The summed E-state index contributed by atoms with van der Waals surface area (Å²) in [5.41, 5.74) is 0. The van der Waals surface area contributed by atoms with Gasteiger partial charge in [-0.1, -0.05) is 24.6 Å². The van der Waals surface area contributed by atoms with E-state index in [0.29, 0.717) is 31.6 Å². The van der Waals surface area contributed by atoms with Crippen molar-refractivity contribution in [1.82, 2.24) is 14.5 Å². The second kappa shape index (κ2) is 8.47. The topological polar surface area (TPSA) is 69.7 Å². The number of amides is 1. The highest BCUT2D eigenvalue weighted by molar-refractivity contribution is 7.89. The van der Waals surface area contributed by atoms with Crippen molar-refractivity contribution in [2.45, 2.75) is 61.5 Å². The maximum atomic E-state index is 13.3. The van der Waals surface area contributed by atoms with Crippen molar-refractivity contribution in [3.8, 4) is 0 Å². The predicted octanol–water partition coefficient (Wildman–Crippen LogP) is 2.00. The number of rotatable bonds is 3. The number of nitrogens with one attached hydrogen (secondary N) is 1. The van der Waals surface area contributed by atoms with E-state index >= 15 is 0 Å². The Balaban J connectivity index is 0.00000210. The zero-order valence-corrected chi connectivity index (χ0v) is 17.1. The van der Waals surface area contributed by atoms with Gasteiger partial charge in [0.1, 0.15) is 6.04 Å². The molecule has 1 aromatic rings. The predicted molar refractivity (Wildman–Crippen MR) is 106 cm³/mol. The molecule has 3 saturated heterocycles. The highest BCUT2D eigenvalue weighted by atomic mass is 35.5. The lowest BCUT2D eigenvalue weighted by Crippen LogP contribution is -2.54. The van der Waals surface area contributed by atoms with Crippen molar-refractivity contribution < 1.29 is 13.2 Å². The molecular formula is C19H28ClN3O3S. The first kappa shape index (κ1) is 20.6. The van der Waals surface area contributed by atoms with Crippen molar-refractivity contribution in [3.63, 3.8) is 0 Å². The van der Waals surface area contributed by atoms with Crippen LogP contribution in [0.2, 0.25) is 0 Å². The molecule has 3 atom stereocenters. The number of hydrogen-bond acceptors (Lipinski definition) is 4. The number of likely N-dealkylation sites (tertiary alicyclic amines) is 1. The molecule has 2 bridgehead atoms. The van der Waals surface area contributed by atoms with E-state index < -0.39 is 16.1 Å². The third-order valence-electron chi connectivity index (χ3n) is 5.92. The Hall–Kier alpha value is -1.15. The fourth-order valence-electron chi connectivity index (χ4n) is 4.52. The molecule has 27 heavy (non-hydrogen) atoms. The summed E-state index contributed by atoms with van der Waals surface area (Å²) in [6.45, 7) is 1.85. The number of hydrogen-bond donors (Lipinski definition) is 1. The van der Waals surface area contributed by atoms with Crippen LogP contribution in [-0.4, -0.2) is 61.3 Å². The van der Waals surface area contributed by atoms with Gasteiger partial charge < -0.3 is 10.2 Å². The minimum absolute atomic E-state index is 0. The summed E-state index contributed by atoms with van der Waals surface area (Å²) in [6.07, 6.45) is 5.57. The second-order valence-electron chi connectivity index (χ2n) is 7.65. The molecule has 0 radical (unpaired) electrons. The molecule has 3 heterocycles. The summed E-state index contributed by atoms with van der Waals surface area (Å²) in [5, 5.41) is 3.58. The van der Waals surface area contributed by atoms with Crippen molar-refractivity contribution in [2.24, 2.45) is 0 Å². The molecule has 0 aromatic heterocycles. The van der Waals surface area contributed by atoms with Crippen molar-refractivity contribution in [3.05, 3.63) is 30.3 Å². The van der Waals surface area contributed by atoms with Crippen LogP contribution in [0.3, 0.4) is 0 Å². The smallest absolute Gasteiger partial charge is 0.243 e. The van der Waals surface area contributed by atoms with Gasteiger partial charge in [0.25, 0.3) is 0 Å². The molecule has 3 fully saturated rings. The maximum Gasteiger partial charge on any atom is 0.243 e. The van der Waals surface area contributed by atoms with E-state index in [1.165, 1.54) is 10.7 Å². The Morgan fingerprint density at radius 3 is 2.48 bits per heavy atom. The first-order valence-electron chi connectivity index (χ1n) is 9.67. The van der Waals surface area contributed by atoms with E-state index in [1.807, 2.05) is 4.90 Å². The van der Waals surface area contributed by atoms with Crippen LogP contribution in [0.1, 0.15) is 38.5 Å². The number of carbonyl (C=O) groups is 1. The van der Waals surface area contributed by atoms with E-state index in [-0.39, 0.29) is 23.2 Å². The first-order valence-corrected chi connectivity index (χ1v) is 11.1. The number of benzene rings is 1. The molecule has 150 valence electrons. The molecule has 8 heteroatoms. The van der Waals surface area contributed by atoms with Crippen LogP contribution in [0.5, 0.6) is 0 Å². The number of halogens is 1. The van der Waals surface area contributed by atoms with E-state index in [4.69, 9.17) is 0 Å². The molecule has 4 rings (SSSR count). The SMILES string of the molecule is Cl.O=C(C1CCCCN1S(=O)(=O)c1ccccc1)N1CCC2CCC(C1)N2.